The number of carbonyl (C=O) groups is 1. The monoisotopic (exact) mass is 255 g/mol. The number of rotatable bonds is 3. The summed E-state index contributed by atoms with van der Waals surface area (Å²) in [5, 5.41) is 0.928. The summed E-state index contributed by atoms with van der Waals surface area (Å²) in [6.07, 6.45) is 1.59. The molecule has 0 atom stereocenters. The molecular weight excluding hydrogens is 242 g/mol. The molecule has 0 spiro atoms. The van der Waals surface area contributed by atoms with Crippen molar-refractivity contribution in [2.45, 2.75) is 6.54 Å². The van der Waals surface area contributed by atoms with Crippen LogP contribution in [0.2, 0.25) is 0 Å². The molecule has 0 bridgehead atoms. The van der Waals surface area contributed by atoms with E-state index in [1.54, 1.807) is 30.3 Å². The summed E-state index contributed by atoms with van der Waals surface area (Å²) in [6, 6.07) is 13.0. The smallest absolute Gasteiger partial charge is 0.289 e. The van der Waals surface area contributed by atoms with Crippen LogP contribution >= 0.6 is 0 Å². The lowest BCUT2D eigenvalue weighted by molar-refractivity contribution is 0.0746. The SMILES string of the molecule is CN(Cc1ccco1)C(=O)c1cc2ccccc2o1. The Morgan fingerprint density at radius 2 is 2.05 bits per heavy atom. The Balaban J connectivity index is 1.82. The molecule has 0 saturated carbocycles. The van der Waals surface area contributed by atoms with Gasteiger partial charge in [-0.2, -0.15) is 0 Å². The molecule has 96 valence electrons. The first-order valence-corrected chi connectivity index (χ1v) is 6.00. The van der Waals surface area contributed by atoms with Crippen molar-refractivity contribution in [3.8, 4) is 0 Å². The number of carbonyl (C=O) groups excluding carboxylic acids is 1. The van der Waals surface area contributed by atoms with Crippen LogP contribution in [0.5, 0.6) is 0 Å². The first kappa shape index (κ1) is 11.6. The van der Waals surface area contributed by atoms with Gasteiger partial charge in [0.25, 0.3) is 5.91 Å². The fourth-order valence-corrected chi connectivity index (χ4v) is 1.98. The molecule has 3 aromatic rings. The minimum atomic E-state index is -0.160. The zero-order chi connectivity index (χ0) is 13.2. The van der Waals surface area contributed by atoms with Crippen molar-refractivity contribution in [1.29, 1.82) is 0 Å². The molecule has 2 heterocycles. The molecule has 0 N–H and O–H groups in total. The Kier molecular flexibility index (Phi) is 2.83. The van der Waals surface area contributed by atoms with Crippen molar-refractivity contribution in [3.63, 3.8) is 0 Å². The van der Waals surface area contributed by atoms with Crippen molar-refractivity contribution in [1.82, 2.24) is 4.90 Å². The van der Waals surface area contributed by atoms with E-state index in [9.17, 15) is 4.79 Å². The van der Waals surface area contributed by atoms with E-state index < -0.39 is 0 Å². The highest BCUT2D eigenvalue weighted by molar-refractivity contribution is 5.95. The van der Waals surface area contributed by atoms with Crippen LogP contribution in [-0.2, 0) is 6.54 Å². The van der Waals surface area contributed by atoms with Gasteiger partial charge < -0.3 is 13.7 Å². The van der Waals surface area contributed by atoms with Crippen molar-refractivity contribution in [2.24, 2.45) is 0 Å². The quantitative estimate of drug-likeness (QED) is 0.721. The minimum Gasteiger partial charge on any atom is -0.467 e. The molecule has 0 aliphatic rings. The maximum atomic E-state index is 12.2. The number of benzene rings is 1. The van der Waals surface area contributed by atoms with Crippen molar-refractivity contribution in [2.75, 3.05) is 7.05 Å². The lowest BCUT2D eigenvalue weighted by Gasteiger charge is -2.13. The van der Waals surface area contributed by atoms with Crippen LogP contribution in [0.1, 0.15) is 16.3 Å². The zero-order valence-electron chi connectivity index (χ0n) is 10.5. The van der Waals surface area contributed by atoms with Gasteiger partial charge in [0.15, 0.2) is 5.76 Å². The van der Waals surface area contributed by atoms with E-state index in [1.165, 1.54) is 0 Å². The van der Waals surface area contributed by atoms with Crippen LogP contribution < -0.4 is 0 Å². The zero-order valence-corrected chi connectivity index (χ0v) is 10.5. The summed E-state index contributed by atoms with van der Waals surface area (Å²) in [5.74, 6) is 0.926. The maximum Gasteiger partial charge on any atom is 0.289 e. The summed E-state index contributed by atoms with van der Waals surface area (Å²) in [6.45, 7) is 0.420. The van der Waals surface area contributed by atoms with Crippen molar-refractivity contribution in [3.05, 3.63) is 60.2 Å². The topological polar surface area (TPSA) is 46.6 Å². The second-order valence-corrected chi connectivity index (χ2v) is 4.39. The van der Waals surface area contributed by atoms with Crippen LogP contribution in [0.4, 0.5) is 0 Å². The Morgan fingerprint density at radius 1 is 1.21 bits per heavy atom. The van der Waals surface area contributed by atoms with Crippen LogP contribution in [0.15, 0.2) is 57.6 Å². The van der Waals surface area contributed by atoms with Crippen LogP contribution in [0.25, 0.3) is 11.0 Å². The largest absolute Gasteiger partial charge is 0.467 e. The number of fused-ring (bicyclic) bond motifs is 1. The molecule has 1 aromatic carbocycles. The van der Waals surface area contributed by atoms with E-state index in [-0.39, 0.29) is 5.91 Å². The summed E-state index contributed by atoms with van der Waals surface area (Å²) in [5.41, 5.74) is 0.720. The Morgan fingerprint density at radius 3 is 2.79 bits per heavy atom. The lowest BCUT2D eigenvalue weighted by Crippen LogP contribution is -2.25. The van der Waals surface area contributed by atoms with Gasteiger partial charge in [0.2, 0.25) is 0 Å². The molecule has 0 fully saturated rings. The third-order valence-corrected chi connectivity index (χ3v) is 2.96. The molecule has 3 rings (SSSR count). The summed E-state index contributed by atoms with van der Waals surface area (Å²) >= 11 is 0. The highest BCUT2D eigenvalue weighted by Gasteiger charge is 2.17. The maximum absolute atomic E-state index is 12.2. The molecule has 0 radical (unpaired) electrons. The predicted octanol–water partition coefficient (Wildman–Crippen LogP) is 3.30. The fraction of sp³-hybridized carbons (Fsp3) is 0.133. The number of furan rings is 2. The van der Waals surface area contributed by atoms with E-state index in [0.29, 0.717) is 12.3 Å². The number of para-hydroxylation sites is 1. The normalized spacial score (nSPS) is 10.8. The second-order valence-electron chi connectivity index (χ2n) is 4.39. The number of amides is 1. The average Bonchev–Trinajstić information content (AvgIpc) is 3.05. The summed E-state index contributed by atoms with van der Waals surface area (Å²) in [4.78, 5) is 13.8. The van der Waals surface area contributed by atoms with Gasteiger partial charge >= 0.3 is 0 Å². The molecule has 4 heteroatoms. The van der Waals surface area contributed by atoms with Gasteiger partial charge in [-0.25, -0.2) is 0 Å². The van der Waals surface area contributed by atoms with Crippen molar-refractivity contribution < 1.29 is 13.6 Å². The molecule has 0 aliphatic heterocycles. The van der Waals surface area contributed by atoms with Gasteiger partial charge in [-0.05, 0) is 24.3 Å². The third-order valence-electron chi connectivity index (χ3n) is 2.96. The van der Waals surface area contributed by atoms with E-state index in [1.807, 2.05) is 30.3 Å². The molecule has 1 amide bonds. The van der Waals surface area contributed by atoms with Gasteiger partial charge in [-0.15, -0.1) is 0 Å². The third kappa shape index (κ3) is 2.25. The predicted molar refractivity (Wildman–Crippen MR) is 70.7 cm³/mol. The van der Waals surface area contributed by atoms with Crippen molar-refractivity contribution >= 4 is 16.9 Å². The van der Waals surface area contributed by atoms with E-state index in [0.717, 1.165) is 16.7 Å². The average molecular weight is 255 g/mol. The van der Waals surface area contributed by atoms with E-state index in [4.69, 9.17) is 8.83 Å². The first-order valence-electron chi connectivity index (χ1n) is 6.00. The van der Waals surface area contributed by atoms with Crippen LogP contribution in [0, 0.1) is 0 Å². The lowest BCUT2D eigenvalue weighted by atomic mass is 10.2. The molecular formula is C15H13NO3. The van der Waals surface area contributed by atoms with Gasteiger partial charge in [0.05, 0.1) is 12.8 Å². The Hall–Kier alpha value is -2.49. The Bertz CT molecular complexity index is 664. The standard InChI is InChI=1S/C15H13NO3/c1-16(10-12-6-4-8-18-12)15(17)14-9-11-5-2-3-7-13(11)19-14/h2-9H,10H2,1H3. The fourth-order valence-electron chi connectivity index (χ4n) is 1.98. The number of hydrogen-bond donors (Lipinski definition) is 0. The highest BCUT2D eigenvalue weighted by atomic mass is 16.3. The van der Waals surface area contributed by atoms with E-state index in [2.05, 4.69) is 0 Å². The van der Waals surface area contributed by atoms with E-state index >= 15 is 0 Å². The molecule has 0 aliphatic carbocycles. The Labute approximate surface area is 110 Å². The van der Waals surface area contributed by atoms with Gasteiger partial charge in [-0.1, -0.05) is 18.2 Å². The molecule has 0 unspecified atom stereocenters. The molecule has 2 aromatic heterocycles. The first-order chi connectivity index (χ1) is 9.24. The van der Waals surface area contributed by atoms with Crippen LogP contribution in [-0.4, -0.2) is 17.9 Å². The minimum absolute atomic E-state index is 0.160. The van der Waals surface area contributed by atoms with Crippen LogP contribution in [0.3, 0.4) is 0 Å². The molecule has 0 saturated heterocycles. The van der Waals surface area contributed by atoms with Gasteiger partial charge in [0.1, 0.15) is 11.3 Å². The second kappa shape index (κ2) is 4.65. The van der Waals surface area contributed by atoms with Gasteiger partial charge in [0, 0.05) is 12.4 Å². The highest BCUT2D eigenvalue weighted by Crippen LogP contribution is 2.20. The molecule has 4 nitrogen and oxygen atoms in total. The molecule has 19 heavy (non-hydrogen) atoms. The number of hydrogen-bond acceptors (Lipinski definition) is 3. The summed E-state index contributed by atoms with van der Waals surface area (Å²) < 4.78 is 10.8. The number of nitrogens with zero attached hydrogens (tertiary/aromatic N) is 1. The van der Waals surface area contributed by atoms with Gasteiger partial charge in [-0.3, -0.25) is 4.79 Å². The summed E-state index contributed by atoms with van der Waals surface area (Å²) in [7, 11) is 1.72.